The number of aromatic carboxylic acids is 1. The molecule has 0 aromatic carbocycles. The van der Waals surface area contributed by atoms with Crippen molar-refractivity contribution in [2.75, 3.05) is 18.0 Å². The molecule has 1 aliphatic heterocycles. The van der Waals surface area contributed by atoms with Gasteiger partial charge >= 0.3 is 5.97 Å². The normalized spacial score (nSPS) is 15.6. The first kappa shape index (κ1) is 11.6. The number of pyridine rings is 1. The molecule has 1 aromatic heterocycles. The summed E-state index contributed by atoms with van der Waals surface area (Å²) in [4.78, 5) is 17.3. The van der Waals surface area contributed by atoms with E-state index in [2.05, 4.69) is 22.9 Å². The third-order valence-corrected chi connectivity index (χ3v) is 3.03. The fourth-order valence-corrected chi connectivity index (χ4v) is 1.96. The van der Waals surface area contributed by atoms with Gasteiger partial charge in [0, 0.05) is 25.0 Å². The second-order valence-electron chi connectivity index (χ2n) is 4.39. The first-order valence-electron chi connectivity index (χ1n) is 5.68. The molecule has 0 amide bonds. The van der Waals surface area contributed by atoms with Crippen molar-refractivity contribution >= 4 is 11.7 Å². The minimum absolute atomic E-state index is 0.281. The lowest BCUT2D eigenvalue weighted by molar-refractivity contribution is 0.0697. The van der Waals surface area contributed by atoms with Crippen LogP contribution < -0.4 is 4.90 Å². The van der Waals surface area contributed by atoms with Gasteiger partial charge < -0.3 is 10.0 Å². The smallest absolute Gasteiger partial charge is 0.339 e. The lowest BCUT2D eigenvalue weighted by Gasteiger charge is -2.28. The van der Waals surface area contributed by atoms with E-state index in [1.807, 2.05) is 13.0 Å². The Morgan fingerprint density at radius 3 is 2.82 bits per heavy atom. The van der Waals surface area contributed by atoms with Crippen LogP contribution in [-0.2, 0) is 0 Å². The molecule has 4 nitrogen and oxygen atoms in total. The molecule has 90 valence electrons. The van der Waals surface area contributed by atoms with Crippen LogP contribution in [0.5, 0.6) is 0 Å². The van der Waals surface area contributed by atoms with Crippen LogP contribution in [-0.4, -0.2) is 29.1 Å². The van der Waals surface area contributed by atoms with E-state index in [9.17, 15) is 4.79 Å². The van der Waals surface area contributed by atoms with Crippen molar-refractivity contribution in [1.82, 2.24) is 4.98 Å². The van der Waals surface area contributed by atoms with Gasteiger partial charge in [-0.25, -0.2) is 4.79 Å². The molecule has 17 heavy (non-hydrogen) atoms. The molecule has 0 spiro atoms. The highest BCUT2D eigenvalue weighted by Gasteiger charge is 2.18. The molecule has 0 atom stereocenters. The first-order valence-corrected chi connectivity index (χ1v) is 5.68. The van der Waals surface area contributed by atoms with Crippen LogP contribution in [0.3, 0.4) is 0 Å². The molecule has 0 saturated carbocycles. The summed E-state index contributed by atoms with van der Waals surface area (Å²) in [6.45, 7) is 5.62. The highest BCUT2D eigenvalue weighted by molar-refractivity contribution is 5.94. The average molecular weight is 232 g/mol. The third-order valence-electron chi connectivity index (χ3n) is 3.03. The lowest BCUT2D eigenvalue weighted by Crippen LogP contribution is -2.29. The molecule has 0 radical (unpaired) electrons. The Hall–Kier alpha value is -1.84. The molecule has 0 saturated heterocycles. The fourth-order valence-electron chi connectivity index (χ4n) is 1.96. The van der Waals surface area contributed by atoms with E-state index in [0.29, 0.717) is 0 Å². The van der Waals surface area contributed by atoms with Gasteiger partial charge in [-0.15, -0.1) is 0 Å². The molecular formula is C13H16N2O2. The number of anilines is 1. The maximum absolute atomic E-state index is 11.2. The van der Waals surface area contributed by atoms with Gasteiger partial charge in [0.2, 0.25) is 0 Å². The van der Waals surface area contributed by atoms with Gasteiger partial charge in [-0.1, -0.05) is 11.6 Å². The predicted octanol–water partition coefficient (Wildman–Crippen LogP) is 2.24. The Morgan fingerprint density at radius 2 is 2.24 bits per heavy atom. The zero-order valence-corrected chi connectivity index (χ0v) is 10.1. The van der Waals surface area contributed by atoms with Crippen LogP contribution in [0.4, 0.5) is 5.69 Å². The highest BCUT2D eigenvalue weighted by Crippen LogP contribution is 2.24. The molecule has 4 heteroatoms. The van der Waals surface area contributed by atoms with Crippen molar-refractivity contribution in [3.63, 3.8) is 0 Å². The second-order valence-corrected chi connectivity index (χ2v) is 4.39. The van der Waals surface area contributed by atoms with Crippen LogP contribution in [0.25, 0.3) is 0 Å². The van der Waals surface area contributed by atoms with E-state index in [1.54, 1.807) is 0 Å². The molecular weight excluding hydrogens is 216 g/mol. The maximum Gasteiger partial charge on any atom is 0.339 e. The van der Waals surface area contributed by atoms with Gasteiger partial charge in [0.1, 0.15) is 5.56 Å². The number of aryl methyl sites for hydroxylation is 1. The van der Waals surface area contributed by atoms with Crippen LogP contribution >= 0.6 is 0 Å². The van der Waals surface area contributed by atoms with Crippen molar-refractivity contribution in [1.29, 1.82) is 0 Å². The minimum Gasteiger partial charge on any atom is -0.478 e. The van der Waals surface area contributed by atoms with Crippen molar-refractivity contribution in [2.45, 2.75) is 20.3 Å². The first-order chi connectivity index (χ1) is 8.08. The lowest BCUT2D eigenvalue weighted by atomic mass is 10.1. The molecule has 0 aliphatic carbocycles. The van der Waals surface area contributed by atoms with E-state index in [0.717, 1.165) is 30.9 Å². The van der Waals surface area contributed by atoms with Gasteiger partial charge in [0.05, 0.1) is 5.69 Å². The zero-order chi connectivity index (χ0) is 12.4. The standard InChI is InChI=1S/C13H16N2O2/c1-9-3-5-15(6-4-9)12-7-10(2)14-8-11(12)13(16)17/h3,7-8H,4-6H2,1-2H3,(H,16,17). The van der Waals surface area contributed by atoms with Crippen LogP contribution in [0.15, 0.2) is 23.9 Å². The topological polar surface area (TPSA) is 53.4 Å². The number of nitrogens with zero attached hydrogens (tertiary/aromatic N) is 2. The molecule has 0 unspecified atom stereocenters. The molecule has 1 aromatic rings. The number of hydrogen-bond donors (Lipinski definition) is 1. The van der Waals surface area contributed by atoms with E-state index < -0.39 is 5.97 Å². The molecule has 2 rings (SSSR count). The maximum atomic E-state index is 11.2. The number of carboxylic acids is 1. The summed E-state index contributed by atoms with van der Waals surface area (Å²) in [5, 5.41) is 9.16. The highest BCUT2D eigenvalue weighted by atomic mass is 16.4. The summed E-state index contributed by atoms with van der Waals surface area (Å²) in [5.74, 6) is -0.918. The second kappa shape index (κ2) is 4.57. The fraction of sp³-hybridized carbons (Fsp3) is 0.385. The summed E-state index contributed by atoms with van der Waals surface area (Å²) in [7, 11) is 0. The van der Waals surface area contributed by atoms with Crippen LogP contribution in [0.2, 0.25) is 0 Å². The number of carboxylic acid groups (broad SMARTS) is 1. The number of aromatic nitrogens is 1. The zero-order valence-electron chi connectivity index (χ0n) is 10.1. The van der Waals surface area contributed by atoms with Gasteiger partial charge in [-0.2, -0.15) is 0 Å². The van der Waals surface area contributed by atoms with E-state index in [1.165, 1.54) is 11.8 Å². The quantitative estimate of drug-likeness (QED) is 0.794. The van der Waals surface area contributed by atoms with Crippen molar-refractivity contribution < 1.29 is 9.90 Å². The van der Waals surface area contributed by atoms with E-state index in [-0.39, 0.29) is 5.56 Å². The van der Waals surface area contributed by atoms with Crippen molar-refractivity contribution in [3.8, 4) is 0 Å². The number of hydrogen-bond acceptors (Lipinski definition) is 3. The van der Waals surface area contributed by atoms with Crippen molar-refractivity contribution in [3.05, 3.63) is 35.2 Å². The molecule has 0 fully saturated rings. The summed E-state index contributed by atoms with van der Waals surface area (Å²) in [5.41, 5.74) is 3.26. The summed E-state index contributed by atoms with van der Waals surface area (Å²) in [6, 6.07) is 1.85. The minimum atomic E-state index is -0.918. The Bertz CT molecular complexity index is 480. The van der Waals surface area contributed by atoms with Crippen LogP contribution in [0.1, 0.15) is 29.4 Å². The molecule has 2 heterocycles. The summed E-state index contributed by atoms with van der Waals surface area (Å²) in [6.07, 6.45) is 4.57. The third kappa shape index (κ3) is 2.46. The van der Waals surface area contributed by atoms with Gasteiger partial charge in [-0.05, 0) is 26.3 Å². The van der Waals surface area contributed by atoms with Gasteiger partial charge in [-0.3, -0.25) is 4.98 Å². The van der Waals surface area contributed by atoms with Crippen LogP contribution in [0, 0.1) is 6.92 Å². The summed E-state index contributed by atoms with van der Waals surface area (Å²) < 4.78 is 0. The molecule has 0 bridgehead atoms. The average Bonchev–Trinajstić information content (AvgIpc) is 2.29. The Labute approximate surface area is 101 Å². The van der Waals surface area contributed by atoms with E-state index >= 15 is 0 Å². The Morgan fingerprint density at radius 1 is 1.47 bits per heavy atom. The van der Waals surface area contributed by atoms with Gasteiger partial charge in [0.25, 0.3) is 0 Å². The Kier molecular flexibility index (Phi) is 3.13. The number of rotatable bonds is 2. The molecule has 1 N–H and O–H groups in total. The molecule has 1 aliphatic rings. The van der Waals surface area contributed by atoms with E-state index in [4.69, 9.17) is 5.11 Å². The summed E-state index contributed by atoms with van der Waals surface area (Å²) >= 11 is 0. The van der Waals surface area contributed by atoms with Crippen molar-refractivity contribution in [2.24, 2.45) is 0 Å². The number of carbonyl (C=O) groups is 1. The Balaban J connectivity index is 2.37. The SMILES string of the molecule is CC1=CCN(c2cc(C)ncc2C(=O)O)CC1. The van der Waals surface area contributed by atoms with Gasteiger partial charge in [0.15, 0.2) is 0 Å². The monoisotopic (exact) mass is 232 g/mol. The largest absolute Gasteiger partial charge is 0.478 e. The predicted molar refractivity (Wildman–Crippen MR) is 66.5 cm³/mol.